The average molecular weight is 378 g/mol. The van der Waals surface area contributed by atoms with Gasteiger partial charge in [-0.15, -0.1) is 0 Å². The van der Waals surface area contributed by atoms with E-state index in [0.717, 1.165) is 24.9 Å². The molecule has 2 aromatic heterocycles. The Morgan fingerprint density at radius 2 is 1.82 bits per heavy atom. The minimum atomic E-state index is -0.148. The zero-order chi connectivity index (χ0) is 20.1. The van der Waals surface area contributed by atoms with Gasteiger partial charge in [0.05, 0.1) is 6.04 Å². The van der Waals surface area contributed by atoms with Crippen LogP contribution in [0, 0.1) is 0 Å². The normalized spacial score (nSPS) is 11.0. The standard InChI is InChI=1S/C21H26N6O/c1-4-5-13-23-21-20(22)24-18(15-9-7-6-8-10-15)19(25-21)16-11-12-17(28)27(26-16)14(2)3/h6-12,14H,4-5,13H2,1-3H3,(H2,22,24)(H,23,25). The molecule has 3 aromatic rings. The van der Waals surface area contributed by atoms with Gasteiger partial charge in [-0.1, -0.05) is 43.7 Å². The molecule has 0 radical (unpaired) electrons. The first-order valence-electron chi connectivity index (χ1n) is 9.58. The lowest BCUT2D eigenvalue weighted by Gasteiger charge is -2.15. The number of nitrogen functional groups attached to an aromatic ring is 1. The van der Waals surface area contributed by atoms with Crippen LogP contribution in [0.5, 0.6) is 0 Å². The number of hydrogen-bond donors (Lipinski definition) is 2. The lowest BCUT2D eigenvalue weighted by molar-refractivity contribution is 0.504. The van der Waals surface area contributed by atoms with E-state index in [0.29, 0.717) is 28.7 Å². The highest BCUT2D eigenvalue weighted by Gasteiger charge is 2.17. The van der Waals surface area contributed by atoms with Crippen LogP contribution >= 0.6 is 0 Å². The van der Waals surface area contributed by atoms with Gasteiger partial charge in [-0.2, -0.15) is 5.10 Å². The largest absolute Gasteiger partial charge is 0.381 e. The van der Waals surface area contributed by atoms with Crippen LogP contribution in [-0.4, -0.2) is 26.3 Å². The van der Waals surface area contributed by atoms with Crippen molar-refractivity contribution < 1.29 is 0 Å². The third-order valence-electron chi connectivity index (χ3n) is 4.35. The average Bonchev–Trinajstić information content (AvgIpc) is 2.70. The zero-order valence-electron chi connectivity index (χ0n) is 16.5. The minimum Gasteiger partial charge on any atom is -0.381 e. The molecule has 0 aliphatic carbocycles. The van der Waals surface area contributed by atoms with E-state index in [1.165, 1.54) is 10.7 Å². The topological polar surface area (TPSA) is 98.7 Å². The number of benzene rings is 1. The highest BCUT2D eigenvalue weighted by Crippen LogP contribution is 2.31. The summed E-state index contributed by atoms with van der Waals surface area (Å²) in [7, 11) is 0. The molecule has 0 aliphatic rings. The van der Waals surface area contributed by atoms with E-state index in [1.807, 2.05) is 44.2 Å². The number of nitrogens with one attached hydrogen (secondary N) is 1. The second-order valence-corrected chi connectivity index (χ2v) is 6.90. The molecule has 0 atom stereocenters. The van der Waals surface area contributed by atoms with E-state index >= 15 is 0 Å². The molecule has 28 heavy (non-hydrogen) atoms. The molecule has 7 heteroatoms. The Kier molecular flexibility index (Phi) is 6.03. The maximum atomic E-state index is 12.1. The summed E-state index contributed by atoms with van der Waals surface area (Å²) in [6, 6.07) is 12.9. The highest BCUT2D eigenvalue weighted by molar-refractivity contribution is 5.79. The Balaban J connectivity index is 2.17. The van der Waals surface area contributed by atoms with Gasteiger partial charge in [0.1, 0.15) is 17.1 Å². The van der Waals surface area contributed by atoms with Gasteiger partial charge in [0.2, 0.25) is 0 Å². The van der Waals surface area contributed by atoms with E-state index in [9.17, 15) is 4.79 Å². The fourth-order valence-electron chi connectivity index (χ4n) is 2.86. The summed E-state index contributed by atoms with van der Waals surface area (Å²) >= 11 is 0. The Labute approximate surface area is 164 Å². The molecule has 0 unspecified atom stereocenters. The van der Waals surface area contributed by atoms with Crippen molar-refractivity contribution in [2.24, 2.45) is 0 Å². The first-order chi connectivity index (χ1) is 13.5. The summed E-state index contributed by atoms with van der Waals surface area (Å²) < 4.78 is 1.45. The van der Waals surface area contributed by atoms with Gasteiger partial charge in [0.15, 0.2) is 11.6 Å². The van der Waals surface area contributed by atoms with Crippen LogP contribution in [0.4, 0.5) is 11.6 Å². The second-order valence-electron chi connectivity index (χ2n) is 6.90. The van der Waals surface area contributed by atoms with Gasteiger partial charge in [0.25, 0.3) is 5.56 Å². The summed E-state index contributed by atoms with van der Waals surface area (Å²) in [5.41, 5.74) is 8.73. The number of nitrogens with zero attached hydrogens (tertiary/aromatic N) is 4. The number of nitrogens with two attached hydrogens (primary N) is 1. The number of hydrogen-bond acceptors (Lipinski definition) is 6. The van der Waals surface area contributed by atoms with Gasteiger partial charge in [-0.25, -0.2) is 14.6 Å². The van der Waals surface area contributed by atoms with Gasteiger partial charge in [0, 0.05) is 18.2 Å². The summed E-state index contributed by atoms with van der Waals surface area (Å²) in [5.74, 6) is 0.878. The molecule has 0 aliphatic heterocycles. The molecule has 2 heterocycles. The first-order valence-corrected chi connectivity index (χ1v) is 9.58. The van der Waals surface area contributed by atoms with Crippen molar-refractivity contribution in [1.29, 1.82) is 0 Å². The predicted octanol–water partition coefficient (Wildman–Crippen LogP) is 3.74. The van der Waals surface area contributed by atoms with Gasteiger partial charge >= 0.3 is 0 Å². The number of rotatable bonds is 7. The highest BCUT2D eigenvalue weighted by atomic mass is 16.1. The molecule has 0 fully saturated rings. The smallest absolute Gasteiger partial charge is 0.267 e. The molecule has 0 saturated heterocycles. The SMILES string of the molecule is CCCCNc1nc(-c2ccc(=O)n(C(C)C)n2)c(-c2ccccc2)nc1N. The Bertz CT molecular complexity index is 998. The van der Waals surface area contributed by atoms with Crippen LogP contribution in [0.3, 0.4) is 0 Å². The quantitative estimate of drug-likeness (QED) is 0.608. The van der Waals surface area contributed by atoms with Crippen LogP contribution < -0.4 is 16.6 Å². The van der Waals surface area contributed by atoms with Crippen LogP contribution in [0.15, 0.2) is 47.3 Å². The van der Waals surface area contributed by atoms with Crippen molar-refractivity contribution >= 4 is 11.6 Å². The molecular weight excluding hydrogens is 352 g/mol. The fraction of sp³-hybridized carbons (Fsp3) is 0.333. The number of aromatic nitrogens is 4. The van der Waals surface area contributed by atoms with Crippen LogP contribution in [0.25, 0.3) is 22.6 Å². The molecule has 146 valence electrons. The Morgan fingerprint density at radius 1 is 1.07 bits per heavy atom. The van der Waals surface area contributed by atoms with Gasteiger partial charge in [-0.05, 0) is 26.3 Å². The molecule has 7 nitrogen and oxygen atoms in total. The third kappa shape index (κ3) is 4.19. The monoisotopic (exact) mass is 378 g/mol. The van der Waals surface area contributed by atoms with Crippen LogP contribution in [0.1, 0.15) is 39.7 Å². The van der Waals surface area contributed by atoms with E-state index in [1.54, 1.807) is 6.07 Å². The summed E-state index contributed by atoms with van der Waals surface area (Å²) in [6.07, 6.45) is 2.07. The van der Waals surface area contributed by atoms with Crippen molar-refractivity contribution in [2.75, 3.05) is 17.6 Å². The Hall–Kier alpha value is -3.22. The maximum Gasteiger partial charge on any atom is 0.267 e. The molecular formula is C21H26N6O. The van der Waals surface area contributed by atoms with E-state index < -0.39 is 0 Å². The van der Waals surface area contributed by atoms with Crippen molar-refractivity contribution in [1.82, 2.24) is 19.7 Å². The summed E-state index contributed by atoms with van der Waals surface area (Å²) in [6.45, 7) is 6.73. The Morgan fingerprint density at radius 3 is 2.50 bits per heavy atom. The lowest BCUT2D eigenvalue weighted by atomic mass is 10.1. The fourth-order valence-corrected chi connectivity index (χ4v) is 2.86. The molecule has 3 rings (SSSR count). The molecule has 0 saturated carbocycles. The maximum absolute atomic E-state index is 12.1. The summed E-state index contributed by atoms with van der Waals surface area (Å²) in [5, 5.41) is 7.79. The van der Waals surface area contributed by atoms with Crippen molar-refractivity contribution in [2.45, 2.75) is 39.7 Å². The molecule has 0 amide bonds. The molecule has 3 N–H and O–H groups in total. The van der Waals surface area contributed by atoms with Crippen LogP contribution in [-0.2, 0) is 0 Å². The molecule has 1 aromatic carbocycles. The van der Waals surface area contributed by atoms with Crippen molar-refractivity contribution in [3.8, 4) is 22.6 Å². The van der Waals surface area contributed by atoms with Gasteiger partial charge < -0.3 is 11.1 Å². The first kappa shape index (κ1) is 19.5. The van der Waals surface area contributed by atoms with Crippen molar-refractivity contribution in [3.63, 3.8) is 0 Å². The van der Waals surface area contributed by atoms with E-state index in [2.05, 4.69) is 22.3 Å². The lowest BCUT2D eigenvalue weighted by Crippen LogP contribution is -2.24. The zero-order valence-corrected chi connectivity index (χ0v) is 16.5. The molecule has 0 bridgehead atoms. The third-order valence-corrected chi connectivity index (χ3v) is 4.35. The number of anilines is 2. The summed E-state index contributed by atoms with van der Waals surface area (Å²) in [4.78, 5) is 21.5. The van der Waals surface area contributed by atoms with Crippen molar-refractivity contribution in [3.05, 3.63) is 52.8 Å². The van der Waals surface area contributed by atoms with E-state index in [-0.39, 0.29) is 11.6 Å². The van der Waals surface area contributed by atoms with Crippen LogP contribution in [0.2, 0.25) is 0 Å². The number of unbranched alkanes of at least 4 members (excludes halogenated alkanes) is 1. The minimum absolute atomic E-state index is 0.0588. The van der Waals surface area contributed by atoms with Gasteiger partial charge in [-0.3, -0.25) is 4.79 Å². The molecule has 0 spiro atoms. The predicted molar refractivity (Wildman–Crippen MR) is 113 cm³/mol. The van der Waals surface area contributed by atoms with E-state index in [4.69, 9.17) is 10.7 Å². The second kappa shape index (κ2) is 8.65.